The Morgan fingerprint density at radius 3 is 2.39 bits per heavy atom. The number of carbonyl (C=O) groups is 2. The van der Waals surface area contributed by atoms with Crippen LogP contribution in [-0.2, 0) is 16.1 Å². The van der Waals surface area contributed by atoms with E-state index in [1.165, 1.54) is 5.56 Å². The van der Waals surface area contributed by atoms with E-state index >= 15 is 0 Å². The monoisotopic (exact) mass is 419 g/mol. The van der Waals surface area contributed by atoms with Crippen molar-refractivity contribution in [2.45, 2.75) is 25.9 Å². The van der Waals surface area contributed by atoms with Gasteiger partial charge in [-0.25, -0.2) is 0 Å². The number of hydrogen-bond acceptors (Lipinski definition) is 4. The molecule has 31 heavy (non-hydrogen) atoms. The van der Waals surface area contributed by atoms with Crippen molar-refractivity contribution in [2.75, 3.05) is 33.3 Å². The summed E-state index contributed by atoms with van der Waals surface area (Å²) in [4.78, 5) is 31.3. The molecule has 2 heterocycles. The summed E-state index contributed by atoms with van der Waals surface area (Å²) in [5.74, 6) is 0.913. The van der Waals surface area contributed by atoms with E-state index in [9.17, 15) is 9.59 Å². The number of ether oxygens (including phenoxy) is 1. The van der Waals surface area contributed by atoms with Crippen molar-refractivity contribution in [1.29, 1.82) is 0 Å². The number of hydrogen-bond donors (Lipinski definition) is 0. The summed E-state index contributed by atoms with van der Waals surface area (Å²) >= 11 is 0. The average Bonchev–Trinajstić information content (AvgIpc) is 2.80. The van der Waals surface area contributed by atoms with Crippen LogP contribution in [0.15, 0.2) is 54.7 Å². The first kappa shape index (κ1) is 21.1. The van der Waals surface area contributed by atoms with E-state index in [0.29, 0.717) is 19.5 Å². The number of rotatable bonds is 5. The van der Waals surface area contributed by atoms with E-state index in [2.05, 4.69) is 17.0 Å². The van der Waals surface area contributed by atoms with E-state index in [4.69, 9.17) is 4.74 Å². The van der Waals surface area contributed by atoms with Gasteiger partial charge in [0, 0.05) is 45.8 Å². The first-order valence-corrected chi connectivity index (χ1v) is 10.7. The summed E-state index contributed by atoms with van der Waals surface area (Å²) in [5, 5.41) is 0. The summed E-state index contributed by atoms with van der Waals surface area (Å²) < 4.78 is 5.22. The van der Waals surface area contributed by atoms with Gasteiger partial charge in [0.1, 0.15) is 5.75 Å². The lowest BCUT2D eigenvalue weighted by Crippen LogP contribution is -2.49. The third kappa shape index (κ3) is 4.80. The molecule has 0 aliphatic carbocycles. The minimum Gasteiger partial charge on any atom is -0.497 e. The van der Waals surface area contributed by atoms with E-state index < -0.39 is 0 Å². The molecule has 1 saturated heterocycles. The molecule has 0 saturated carbocycles. The Labute approximate surface area is 183 Å². The molecule has 162 valence electrons. The highest BCUT2D eigenvalue weighted by molar-refractivity contribution is 5.82. The Balaban J connectivity index is 1.36. The predicted octanol–water partition coefficient (Wildman–Crippen LogP) is 3.30. The number of benzene rings is 2. The van der Waals surface area contributed by atoms with Crippen LogP contribution in [0, 0.1) is 0 Å². The van der Waals surface area contributed by atoms with Crippen molar-refractivity contribution in [1.82, 2.24) is 14.7 Å². The Kier molecular flexibility index (Phi) is 6.37. The molecule has 2 aliphatic rings. The molecule has 0 spiro atoms. The Morgan fingerprint density at radius 1 is 1.00 bits per heavy atom. The van der Waals surface area contributed by atoms with E-state index in [-0.39, 0.29) is 17.9 Å². The number of amides is 2. The van der Waals surface area contributed by atoms with Crippen molar-refractivity contribution in [2.24, 2.45) is 0 Å². The molecule has 2 aliphatic heterocycles. The predicted molar refractivity (Wildman–Crippen MR) is 120 cm³/mol. The molecule has 0 N–H and O–H groups in total. The molecular weight excluding hydrogens is 390 g/mol. The van der Waals surface area contributed by atoms with Crippen LogP contribution in [0.4, 0.5) is 0 Å². The van der Waals surface area contributed by atoms with Gasteiger partial charge < -0.3 is 14.5 Å². The highest BCUT2D eigenvalue weighted by Gasteiger charge is 2.30. The third-order valence-electron chi connectivity index (χ3n) is 6.13. The van der Waals surface area contributed by atoms with E-state index in [1.54, 1.807) is 25.1 Å². The average molecular weight is 420 g/mol. The zero-order valence-electron chi connectivity index (χ0n) is 18.2. The van der Waals surface area contributed by atoms with Crippen LogP contribution in [-0.4, -0.2) is 59.8 Å². The Bertz CT molecular complexity index is 962. The van der Waals surface area contributed by atoms with E-state index in [1.807, 2.05) is 47.4 Å². The standard InChI is InChI=1S/C25H29N3O3/c1-19(29)28-12-11-21-5-3-4-6-23(21)24(28)17-25(30)27-15-13-26(14-16-27)18-20-7-9-22(31-2)10-8-20/h3-12,24H,13-18H2,1-2H3/t24-/m0/s1. The van der Waals surface area contributed by atoms with Gasteiger partial charge in [-0.2, -0.15) is 0 Å². The lowest BCUT2D eigenvalue weighted by atomic mass is 9.93. The van der Waals surface area contributed by atoms with Gasteiger partial charge in [0.15, 0.2) is 0 Å². The van der Waals surface area contributed by atoms with Crippen LogP contribution in [0.3, 0.4) is 0 Å². The van der Waals surface area contributed by atoms with Gasteiger partial charge in [-0.3, -0.25) is 14.5 Å². The number of methoxy groups -OCH3 is 1. The zero-order valence-corrected chi connectivity index (χ0v) is 18.2. The highest BCUT2D eigenvalue weighted by atomic mass is 16.5. The SMILES string of the molecule is COc1ccc(CN2CCN(C(=O)C[C@H]3c4ccccc4C=CN3C(C)=O)CC2)cc1. The second-order valence-corrected chi connectivity index (χ2v) is 8.10. The minimum atomic E-state index is -0.247. The molecule has 1 atom stereocenters. The Morgan fingerprint density at radius 2 is 1.71 bits per heavy atom. The zero-order chi connectivity index (χ0) is 21.8. The van der Waals surface area contributed by atoms with Gasteiger partial charge in [-0.05, 0) is 34.9 Å². The summed E-state index contributed by atoms with van der Waals surface area (Å²) in [6, 6.07) is 15.9. The fourth-order valence-corrected chi connectivity index (χ4v) is 4.35. The first-order valence-electron chi connectivity index (χ1n) is 10.7. The molecule has 0 radical (unpaired) electrons. The van der Waals surface area contributed by atoms with Crippen LogP contribution in [0.5, 0.6) is 5.75 Å². The molecule has 2 aromatic carbocycles. The molecule has 0 unspecified atom stereocenters. The topological polar surface area (TPSA) is 53.1 Å². The lowest BCUT2D eigenvalue weighted by Gasteiger charge is -2.37. The van der Waals surface area contributed by atoms with Crippen LogP contribution < -0.4 is 4.74 Å². The van der Waals surface area contributed by atoms with E-state index in [0.717, 1.165) is 36.5 Å². The summed E-state index contributed by atoms with van der Waals surface area (Å²) in [5.41, 5.74) is 3.34. The molecule has 6 nitrogen and oxygen atoms in total. The van der Waals surface area contributed by atoms with Gasteiger partial charge in [-0.15, -0.1) is 0 Å². The molecule has 2 aromatic rings. The van der Waals surface area contributed by atoms with Crippen molar-refractivity contribution < 1.29 is 14.3 Å². The fraction of sp³-hybridized carbons (Fsp3) is 0.360. The van der Waals surface area contributed by atoms with Crippen molar-refractivity contribution in [3.05, 3.63) is 71.4 Å². The van der Waals surface area contributed by atoms with Crippen LogP contribution in [0.1, 0.15) is 36.1 Å². The Hall–Kier alpha value is -3.12. The van der Waals surface area contributed by atoms with Crippen LogP contribution in [0.25, 0.3) is 6.08 Å². The fourth-order valence-electron chi connectivity index (χ4n) is 4.35. The van der Waals surface area contributed by atoms with Gasteiger partial charge in [0.05, 0.1) is 19.6 Å². The van der Waals surface area contributed by atoms with Gasteiger partial charge in [-0.1, -0.05) is 36.4 Å². The number of carbonyl (C=O) groups excluding carboxylic acids is 2. The largest absolute Gasteiger partial charge is 0.497 e. The second-order valence-electron chi connectivity index (χ2n) is 8.10. The third-order valence-corrected chi connectivity index (χ3v) is 6.13. The number of piperazine rings is 1. The van der Waals surface area contributed by atoms with Gasteiger partial charge in [0.25, 0.3) is 0 Å². The maximum absolute atomic E-state index is 13.1. The number of nitrogens with zero attached hydrogens (tertiary/aromatic N) is 3. The summed E-state index contributed by atoms with van der Waals surface area (Å²) in [6.45, 7) is 5.52. The van der Waals surface area contributed by atoms with Gasteiger partial charge in [0.2, 0.25) is 11.8 Å². The maximum atomic E-state index is 13.1. The summed E-state index contributed by atoms with van der Waals surface area (Å²) in [6.07, 6.45) is 4.05. The molecular formula is C25H29N3O3. The lowest BCUT2D eigenvalue weighted by molar-refractivity contribution is -0.136. The molecule has 2 amide bonds. The van der Waals surface area contributed by atoms with Crippen molar-refractivity contribution in [3.8, 4) is 5.75 Å². The minimum absolute atomic E-state index is 0.0483. The first-order chi connectivity index (χ1) is 15.0. The maximum Gasteiger partial charge on any atom is 0.225 e. The normalized spacial score (nSPS) is 18.6. The second kappa shape index (κ2) is 9.35. The molecule has 0 aromatic heterocycles. The van der Waals surface area contributed by atoms with Crippen molar-refractivity contribution >= 4 is 17.9 Å². The number of fused-ring (bicyclic) bond motifs is 1. The quantitative estimate of drug-likeness (QED) is 0.746. The van der Waals surface area contributed by atoms with Crippen molar-refractivity contribution in [3.63, 3.8) is 0 Å². The molecule has 6 heteroatoms. The van der Waals surface area contributed by atoms with Crippen LogP contribution >= 0.6 is 0 Å². The van der Waals surface area contributed by atoms with Gasteiger partial charge >= 0.3 is 0 Å². The highest BCUT2D eigenvalue weighted by Crippen LogP contribution is 2.33. The molecule has 4 rings (SSSR count). The van der Waals surface area contributed by atoms with Crippen LogP contribution in [0.2, 0.25) is 0 Å². The summed E-state index contributed by atoms with van der Waals surface area (Å²) in [7, 11) is 1.67. The molecule has 1 fully saturated rings. The smallest absolute Gasteiger partial charge is 0.225 e. The molecule has 0 bridgehead atoms.